The molecule has 1 aromatic heterocycles. The van der Waals surface area contributed by atoms with E-state index in [0.29, 0.717) is 16.6 Å². The topological polar surface area (TPSA) is 57.2 Å². The lowest BCUT2D eigenvalue weighted by atomic mass is 10.0. The Bertz CT molecular complexity index is 1020. The van der Waals surface area contributed by atoms with Gasteiger partial charge in [-0.15, -0.1) is 0 Å². The second kappa shape index (κ2) is 6.85. The minimum Gasteiger partial charge on any atom is -0.443 e. The summed E-state index contributed by atoms with van der Waals surface area (Å²) in [5.74, 6) is 0. The summed E-state index contributed by atoms with van der Waals surface area (Å²) < 4.78 is 33.9. The van der Waals surface area contributed by atoms with E-state index in [1.54, 1.807) is 45.0 Å². The van der Waals surface area contributed by atoms with E-state index in [9.17, 15) is 13.6 Å². The van der Waals surface area contributed by atoms with Crippen molar-refractivity contribution in [2.45, 2.75) is 32.8 Å². The number of nitrogens with zero attached hydrogens (tertiary/aromatic N) is 1. The van der Waals surface area contributed by atoms with Gasteiger partial charge >= 0.3 is 6.09 Å². The van der Waals surface area contributed by atoms with Crippen molar-refractivity contribution in [1.29, 1.82) is 0 Å². The van der Waals surface area contributed by atoms with E-state index in [1.165, 1.54) is 22.8 Å². The van der Waals surface area contributed by atoms with Gasteiger partial charge in [0, 0.05) is 22.2 Å². The molecule has 2 aromatic carbocycles. The van der Waals surface area contributed by atoms with E-state index >= 15 is 0 Å². The zero-order chi connectivity index (χ0) is 19.9. The van der Waals surface area contributed by atoms with Gasteiger partial charge in [0.2, 0.25) is 0 Å². The highest BCUT2D eigenvalue weighted by molar-refractivity contribution is 6.39. The van der Waals surface area contributed by atoms with Gasteiger partial charge in [0.1, 0.15) is 5.60 Å². The minimum atomic E-state index is -2.73. The quantitative estimate of drug-likeness (QED) is 0.523. The molecule has 0 atom stereocenters. The van der Waals surface area contributed by atoms with Crippen LogP contribution in [0.4, 0.5) is 19.3 Å². The number of benzene rings is 2. The number of fused-ring (bicyclic) bond motifs is 1. The van der Waals surface area contributed by atoms with E-state index in [0.717, 1.165) is 0 Å². The summed E-state index contributed by atoms with van der Waals surface area (Å²) >= 11 is 6.53. The van der Waals surface area contributed by atoms with E-state index in [-0.39, 0.29) is 21.8 Å². The van der Waals surface area contributed by atoms with Gasteiger partial charge < -0.3 is 10.5 Å². The van der Waals surface area contributed by atoms with Crippen molar-refractivity contribution < 1.29 is 18.3 Å². The number of nitrogens with two attached hydrogens (primary N) is 1. The van der Waals surface area contributed by atoms with Crippen LogP contribution in [0, 0.1) is 0 Å². The number of hydrogen-bond donors (Lipinski definition) is 1. The van der Waals surface area contributed by atoms with Gasteiger partial charge in [0.25, 0.3) is 6.43 Å². The molecule has 142 valence electrons. The third-order valence-corrected chi connectivity index (χ3v) is 4.34. The molecule has 0 aliphatic carbocycles. The van der Waals surface area contributed by atoms with E-state index in [1.807, 2.05) is 0 Å². The number of nitrogen functional groups attached to an aromatic ring is 1. The maximum atomic E-state index is 13.6. The number of ether oxygens (including phenoxy) is 1. The molecule has 3 rings (SSSR count). The molecule has 0 fully saturated rings. The lowest BCUT2D eigenvalue weighted by Gasteiger charge is -2.21. The van der Waals surface area contributed by atoms with Crippen LogP contribution >= 0.6 is 11.6 Å². The number of alkyl halides is 2. The summed E-state index contributed by atoms with van der Waals surface area (Å²) in [4.78, 5) is 12.9. The third kappa shape index (κ3) is 3.62. The molecule has 0 amide bonds. The highest BCUT2D eigenvalue weighted by Gasteiger charge is 2.28. The second-order valence-electron chi connectivity index (χ2n) is 7.14. The maximum absolute atomic E-state index is 13.6. The summed E-state index contributed by atoms with van der Waals surface area (Å²) in [6.07, 6.45) is -3.45. The highest BCUT2D eigenvalue weighted by Crippen LogP contribution is 2.42. The van der Waals surface area contributed by atoms with Crippen LogP contribution in [0.3, 0.4) is 0 Å². The monoisotopic (exact) mass is 392 g/mol. The van der Waals surface area contributed by atoms with Gasteiger partial charge in [0.15, 0.2) is 0 Å². The molecule has 0 aliphatic rings. The van der Waals surface area contributed by atoms with Crippen molar-refractivity contribution in [2.24, 2.45) is 0 Å². The lowest BCUT2D eigenvalue weighted by molar-refractivity contribution is 0.0547. The van der Waals surface area contributed by atoms with Crippen LogP contribution in [0.25, 0.3) is 22.2 Å². The molecule has 2 N–H and O–H groups in total. The highest BCUT2D eigenvalue weighted by atomic mass is 35.5. The Balaban J connectivity index is 2.37. The van der Waals surface area contributed by atoms with Crippen molar-refractivity contribution >= 4 is 34.3 Å². The van der Waals surface area contributed by atoms with Crippen molar-refractivity contribution in [3.05, 3.63) is 53.1 Å². The molecule has 4 nitrogen and oxygen atoms in total. The van der Waals surface area contributed by atoms with Gasteiger partial charge in [-0.05, 0) is 39.0 Å². The van der Waals surface area contributed by atoms with Crippen LogP contribution in [0.5, 0.6) is 0 Å². The van der Waals surface area contributed by atoms with Crippen LogP contribution in [0.2, 0.25) is 5.02 Å². The summed E-state index contributed by atoms with van der Waals surface area (Å²) in [5.41, 5.74) is 6.00. The summed E-state index contributed by atoms with van der Waals surface area (Å²) in [7, 11) is 0. The standard InChI is InChI=1S/C20H19ClF2N2O2/c1-20(2,3)27-19(26)25-15-10-11(24)8-9-14(15)16(21)17(25)12-6-4-5-7-13(12)18(22)23/h4-10,18H,24H2,1-3H3. The van der Waals surface area contributed by atoms with E-state index in [2.05, 4.69) is 0 Å². The lowest BCUT2D eigenvalue weighted by Crippen LogP contribution is -2.27. The predicted molar refractivity (Wildman–Crippen MR) is 103 cm³/mol. The predicted octanol–water partition coefficient (Wildman–Crippen LogP) is 6.26. The molecule has 1 heterocycles. The Kier molecular flexibility index (Phi) is 4.86. The molecule has 0 saturated heterocycles. The van der Waals surface area contributed by atoms with Crippen LogP contribution in [0.1, 0.15) is 32.8 Å². The van der Waals surface area contributed by atoms with Gasteiger partial charge in [-0.2, -0.15) is 0 Å². The van der Waals surface area contributed by atoms with Crippen LogP contribution < -0.4 is 5.73 Å². The fourth-order valence-corrected chi connectivity index (χ4v) is 3.25. The van der Waals surface area contributed by atoms with Crippen LogP contribution in [-0.4, -0.2) is 16.3 Å². The van der Waals surface area contributed by atoms with Crippen LogP contribution in [0.15, 0.2) is 42.5 Å². The molecule has 0 saturated carbocycles. The third-order valence-electron chi connectivity index (χ3n) is 3.96. The number of halogens is 3. The maximum Gasteiger partial charge on any atom is 0.419 e. The average Bonchev–Trinajstić information content (AvgIpc) is 2.85. The Morgan fingerprint density at radius 1 is 1.19 bits per heavy atom. The molecule has 0 spiro atoms. The van der Waals surface area contributed by atoms with Crippen molar-refractivity contribution in [3.8, 4) is 11.3 Å². The molecule has 0 bridgehead atoms. The summed E-state index contributed by atoms with van der Waals surface area (Å²) in [6.45, 7) is 5.16. The largest absolute Gasteiger partial charge is 0.443 e. The molecule has 0 radical (unpaired) electrons. The molecule has 3 aromatic rings. The Labute approximate surface area is 160 Å². The molecule has 0 unspecified atom stereocenters. The summed E-state index contributed by atoms with van der Waals surface area (Å²) in [5, 5.41) is 0.708. The van der Waals surface area contributed by atoms with Crippen LogP contribution in [-0.2, 0) is 4.74 Å². The van der Waals surface area contributed by atoms with Crippen molar-refractivity contribution in [2.75, 3.05) is 5.73 Å². The number of anilines is 1. The van der Waals surface area contributed by atoms with Gasteiger partial charge in [0.05, 0.1) is 16.2 Å². The first-order valence-electron chi connectivity index (χ1n) is 8.30. The average molecular weight is 393 g/mol. The summed E-state index contributed by atoms with van der Waals surface area (Å²) in [6, 6.07) is 10.8. The van der Waals surface area contributed by atoms with E-state index in [4.69, 9.17) is 22.1 Å². The van der Waals surface area contributed by atoms with Crippen molar-refractivity contribution in [3.63, 3.8) is 0 Å². The smallest absolute Gasteiger partial charge is 0.419 e. The fraction of sp³-hybridized carbons (Fsp3) is 0.250. The number of hydrogen-bond acceptors (Lipinski definition) is 3. The number of aromatic nitrogens is 1. The van der Waals surface area contributed by atoms with Gasteiger partial charge in [-0.25, -0.2) is 18.1 Å². The Hall–Kier alpha value is -2.60. The molecule has 0 aliphatic heterocycles. The minimum absolute atomic E-state index is 0.155. The molecule has 7 heteroatoms. The Morgan fingerprint density at radius 2 is 1.85 bits per heavy atom. The van der Waals surface area contributed by atoms with Gasteiger partial charge in [-0.3, -0.25) is 0 Å². The molecular weight excluding hydrogens is 374 g/mol. The number of carbonyl (C=O) groups excluding carboxylic acids is 1. The van der Waals surface area contributed by atoms with E-state index < -0.39 is 18.1 Å². The zero-order valence-electron chi connectivity index (χ0n) is 15.1. The normalized spacial score (nSPS) is 12.0. The van der Waals surface area contributed by atoms with Crippen molar-refractivity contribution in [1.82, 2.24) is 4.57 Å². The first kappa shape index (κ1) is 19.2. The molecule has 27 heavy (non-hydrogen) atoms. The number of rotatable bonds is 2. The number of carbonyl (C=O) groups is 1. The Morgan fingerprint density at radius 3 is 2.48 bits per heavy atom. The fourth-order valence-electron chi connectivity index (χ4n) is 2.90. The second-order valence-corrected chi connectivity index (χ2v) is 7.52. The zero-order valence-corrected chi connectivity index (χ0v) is 15.8. The first-order valence-corrected chi connectivity index (χ1v) is 8.68. The SMILES string of the molecule is CC(C)(C)OC(=O)n1c(-c2ccccc2C(F)F)c(Cl)c2ccc(N)cc21. The molecular formula is C20H19ClF2N2O2. The first-order chi connectivity index (χ1) is 12.6. The van der Waals surface area contributed by atoms with Gasteiger partial charge in [-0.1, -0.05) is 35.9 Å².